The van der Waals surface area contributed by atoms with Gasteiger partial charge in [-0.3, -0.25) is 0 Å². The van der Waals surface area contributed by atoms with Gasteiger partial charge >= 0.3 is 0 Å². The van der Waals surface area contributed by atoms with Crippen LogP contribution < -0.4 is 10.5 Å². The molecule has 1 aliphatic rings. The number of nitrogens with two attached hydrogens (primary N) is 1. The minimum Gasteiger partial charge on any atom is -0.497 e. The molecule has 6 heteroatoms. The average molecular weight is 375 g/mol. The third-order valence-corrected chi connectivity index (χ3v) is 7.55. The molecule has 0 bridgehead atoms. The fraction of sp³-hybridized carbons (Fsp3) is 0.400. The van der Waals surface area contributed by atoms with E-state index in [9.17, 15) is 8.42 Å². The van der Waals surface area contributed by atoms with Gasteiger partial charge in [-0.1, -0.05) is 30.3 Å². The second kappa shape index (κ2) is 7.39. The van der Waals surface area contributed by atoms with Crippen molar-refractivity contribution in [2.45, 2.75) is 23.0 Å². The lowest BCUT2D eigenvalue weighted by molar-refractivity contribution is 0.101. The largest absolute Gasteiger partial charge is 0.497 e. The molecule has 0 aliphatic heterocycles. The van der Waals surface area contributed by atoms with Crippen LogP contribution in [0.1, 0.15) is 18.4 Å². The maximum absolute atomic E-state index is 13.3. The molecule has 0 unspecified atom stereocenters. The molecule has 0 heterocycles. The van der Waals surface area contributed by atoms with Gasteiger partial charge < -0.3 is 15.2 Å². The summed E-state index contributed by atoms with van der Waals surface area (Å²) >= 11 is 0. The number of hydrogen-bond donors (Lipinski definition) is 1. The number of sulfone groups is 1. The fourth-order valence-corrected chi connectivity index (χ4v) is 6.25. The van der Waals surface area contributed by atoms with E-state index in [1.165, 1.54) is 0 Å². The first-order chi connectivity index (χ1) is 12.5. The Morgan fingerprint density at radius 1 is 1.08 bits per heavy atom. The first-order valence-electron chi connectivity index (χ1n) is 8.72. The Hall–Kier alpha value is -1.89. The normalized spacial score (nSPS) is 25.0. The summed E-state index contributed by atoms with van der Waals surface area (Å²) in [5.74, 6) is 0.537. The van der Waals surface area contributed by atoms with Crippen molar-refractivity contribution in [3.63, 3.8) is 0 Å². The zero-order valence-corrected chi connectivity index (χ0v) is 15.9. The molecule has 0 radical (unpaired) electrons. The molecule has 0 spiro atoms. The third kappa shape index (κ3) is 3.13. The second-order valence-corrected chi connectivity index (χ2v) is 8.67. The van der Waals surface area contributed by atoms with Crippen molar-refractivity contribution >= 4 is 9.84 Å². The monoisotopic (exact) mass is 375 g/mol. The first kappa shape index (κ1) is 18.9. The molecule has 5 nitrogen and oxygen atoms in total. The number of benzene rings is 2. The topological polar surface area (TPSA) is 78.6 Å². The van der Waals surface area contributed by atoms with E-state index in [4.69, 9.17) is 15.2 Å². The summed E-state index contributed by atoms with van der Waals surface area (Å²) in [4.78, 5) is 0.329. The van der Waals surface area contributed by atoms with E-state index in [1.54, 1.807) is 31.4 Å². The maximum atomic E-state index is 13.3. The van der Waals surface area contributed by atoms with E-state index in [0.717, 1.165) is 11.3 Å². The Balaban J connectivity index is 2.02. The van der Waals surface area contributed by atoms with Crippen molar-refractivity contribution in [1.29, 1.82) is 0 Å². The molecule has 2 aromatic rings. The van der Waals surface area contributed by atoms with Gasteiger partial charge in [0.05, 0.1) is 23.9 Å². The number of methoxy groups -OCH3 is 1. The third-order valence-electron chi connectivity index (χ3n) is 5.22. The molecule has 2 N–H and O–H groups in total. The van der Waals surface area contributed by atoms with Crippen LogP contribution in [0.4, 0.5) is 0 Å². The molecule has 26 heavy (non-hydrogen) atoms. The molecule has 3 rings (SSSR count). The van der Waals surface area contributed by atoms with E-state index in [0.29, 0.717) is 18.1 Å². The summed E-state index contributed by atoms with van der Waals surface area (Å²) in [7, 11) is -1.91. The summed E-state index contributed by atoms with van der Waals surface area (Å²) in [5.41, 5.74) is 6.42. The highest BCUT2D eigenvalue weighted by Crippen LogP contribution is 2.63. The minimum atomic E-state index is -3.52. The summed E-state index contributed by atoms with van der Waals surface area (Å²) in [5, 5.41) is -0.595. The van der Waals surface area contributed by atoms with Gasteiger partial charge in [-0.05, 0) is 36.8 Å². The van der Waals surface area contributed by atoms with Gasteiger partial charge in [0.2, 0.25) is 0 Å². The van der Waals surface area contributed by atoms with E-state index < -0.39 is 20.5 Å². The molecule has 2 aromatic carbocycles. The summed E-state index contributed by atoms with van der Waals surface area (Å²) in [6.45, 7) is 3.00. The summed E-state index contributed by atoms with van der Waals surface area (Å²) < 4.78 is 37.5. The Bertz CT molecular complexity index is 836. The highest BCUT2D eigenvalue weighted by Gasteiger charge is 2.70. The summed E-state index contributed by atoms with van der Waals surface area (Å²) in [6.07, 6.45) is 0. The standard InChI is InChI=1S/C20H25NO4S/c1-3-25-14-20(13-21)18(15-9-11-16(24-2)12-10-15)19(20)26(22,23)17-7-5-4-6-8-17/h4-12,18-19H,3,13-14,21H2,1-2H3/t18-,19+,20+/m0/s1. The quantitative estimate of drug-likeness (QED) is 0.767. The van der Waals surface area contributed by atoms with Crippen LogP contribution in [-0.4, -0.2) is 40.5 Å². The van der Waals surface area contributed by atoms with Gasteiger partial charge in [-0.15, -0.1) is 0 Å². The Labute approximate surface area is 155 Å². The predicted octanol–water partition coefficient (Wildman–Crippen LogP) is 2.62. The first-order valence-corrected chi connectivity index (χ1v) is 10.3. The molecule has 1 fully saturated rings. The Morgan fingerprint density at radius 2 is 1.73 bits per heavy atom. The van der Waals surface area contributed by atoms with Crippen LogP contribution >= 0.6 is 0 Å². The number of hydrogen-bond acceptors (Lipinski definition) is 5. The Morgan fingerprint density at radius 3 is 2.27 bits per heavy atom. The van der Waals surface area contributed by atoms with Crippen LogP contribution in [0.25, 0.3) is 0 Å². The molecular weight excluding hydrogens is 350 g/mol. The molecule has 3 atom stereocenters. The lowest BCUT2D eigenvalue weighted by Crippen LogP contribution is -2.29. The van der Waals surface area contributed by atoms with Crippen molar-refractivity contribution in [2.75, 3.05) is 26.9 Å². The molecule has 140 valence electrons. The molecule has 0 saturated heterocycles. The average Bonchev–Trinajstić information content (AvgIpc) is 3.37. The minimum absolute atomic E-state index is 0.199. The number of ether oxygens (including phenoxy) is 2. The van der Waals surface area contributed by atoms with Crippen LogP contribution in [0, 0.1) is 5.41 Å². The van der Waals surface area contributed by atoms with Gasteiger partial charge in [0.1, 0.15) is 5.75 Å². The maximum Gasteiger partial charge on any atom is 0.182 e. The van der Waals surface area contributed by atoms with E-state index in [2.05, 4.69) is 0 Å². The highest BCUT2D eigenvalue weighted by molar-refractivity contribution is 7.92. The molecule has 1 aliphatic carbocycles. The van der Waals surface area contributed by atoms with Crippen molar-refractivity contribution in [3.8, 4) is 5.75 Å². The van der Waals surface area contributed by atoms with Gasteiger partial charge in [0.25, 0.3) is 0 Å². The van der Waals surface area contributed by atoms with Crippen LogP contribution in [0.15, 0.2) is 59.5 Å². The SMILES string of the molecule is CCOC[C@@]1(CN)[C@H](S(=O)(=O)c2ccccc2)[C@@H]1c1ccc(OC)cc1. The predicted molar refractivity (Wildman–Crippen MR) is 101 cm³/mol. The lowest BCUT2D eigenvalue weighted by atomic mass is 10.00. The van der Waals surface area contributed by atoms with Crippen molar-refractivity contribution in [2.24, 2.45) is 11.1 Å². The van der Waals surface area contributed by atoms with Crippen molar-refractivity contribution < 1.29 is 17.9 Å². The van der Waals surface area contributed by atoms with Crippen LogP contribution in [-0.2, 0) is 14.6 Å². The fourth-order valence-electron chi connectivity index (χ4n) is 3.78. The molecule has 0 aromatic heterocycles. The lowest BCUT2D eigenvalue weighted by Gasteiger charge is -2.16. The van der Waals surface area contributed by atoms with E-state index in [-0.39, 0.29) is 12.5 Å². The van der Waals surface area contributed by atoms with Crippen LogP contribution in [0.5, 0.6) is 5.75 Å². The molecule has 1 saturated carbocycles. The van der Waals surface area contributed by atoms with Gasteiger partial charge in [0, 0.05) is 24.5 Å². The van der Waals surface area contributed by atoms with Gasteiger partial charge in [0.15, 0.2) is 9.84 Å². The van der Waals surface area contributed by atoms with Gasteiger partial charge in [-0.2, -0.15) is 0 Å². The second-order valence-electron chi connectivity index (χ2n) is 6.60. The zero-order valence-electron chi connectivity index (χ0n) is 15.1. The van der Waals surface area contributed by atoms with Crippen molar-refractivity contribution in [3.05, 3.63) is 60.2 Å². The number of rotatable bonds is 8. The Kier molecular flexibility index (Phi) is 5.37. The zero-order chi connectivity index (χ0) is 18.8. The molecular formula is C20H25NO4S. The highest BCUT2D eigenvalue weighted by atomic mass is 32.2. The smallest absolute Gasteiger partial charge is 0.182 e. The van der Waals surface area contributed by atoms with E-state index >= 15 is 0 Å². The van der Waals surface area contributed by atoms with Gasteiger partial charge in [-0.25, -0.2) is 8.42 Å². The van der Waals surface area contributed by atoms with Crippen molar-refractivity contribution in [1.82, 2.24) is 0 Å². The molecule has 0 amide bonds. The van der Waals surface area contributed by atoms with Crippen LogP contribution in [0.2, 0.25) is 0 Å². The van der Waals surface area contributed by atoms with Crippen LogP contribution in [0.3, 0.4) is 0 Å². The van der Waals surface area contributed by atoms with E-state index in [1.807, 2.05) is 37.3 Å². The summed E-state index contributed by atoms with van der Waals surface area (Å²) in [6, 6.07) is 16.1.